The van der Waals surface area contributed by atoms with Crippen molar-refractivity contribution in [3.63, 3.8) is 0 Å². The van der Waals surface area contributed by atoms with E-state index in [4.69, 9.17) is 29.0 Å². The number of aromatic nitrogens is 2. The number of hydrogen-bond acceptors (Lipinski definition) is 5. The van der Waals surface area contributed by atoms with Gasteiger partial charge in [-0.1, -0.05) is 23.2 Å². The first-order chi connectivity index (χ1) is 9.19. The highest BCUT2D eigenvalue weighted by atomic mass is 35.5. The zero-order valence-electron chi connectivity index (χ0n) is 9.78. The lowest BCUT2D eigenvalue weighted by Crippen LogP contribution is -2.12. The summed E-state index contributed by atoms with van der Waals surface area (Å²) < 4.78 is 0. The van der Waals surface area contributed by atoms with Crippen molar-refractivity contribution in [3.05, 3.63) is 39.5 Å². The number of anilines is 1. The van der Waals surface area contributed by atoms with Gasteiger partial charge in [-0.15, -0.1) is 0 Å². The summed E-state index contributed by atoms with van der Waals surface area (Å²) >= 11 is 13.7. The topological polar surface area (TPSA) is 63.8 Å². The predicted molar refractivity (Wildman–Crippen MR) is 80.3 cm³/mol. The van der Waals surface area contributed by atoms with Crippen LogP contribution in [-0.2, 0) is 11.5 Å². The Balaban J connectivity index is 2.12. The minimum atomic E-state index is 0.486. The minimum absolute atomic E-state index is 0.486. The number of nitrogen functional groups attached to an aromatic ring is 1. The molecule has 4 nitrogen and oxygen atoms in total. The van der Waals surface area contributed by atoms with Gasteiger partial charge in [0.2, 0.25) is 0 Å². The average Bonchev–Trinajstić information content (AvgIpc) is 2.89. The third-order valence-corrected chi connectivity index (χ3v) is 4.60. The number of halogens is 2. The maximum atomic E-state index is 6.02. The lowest BCUT2D eigenvalue weighted by atomic mass is 10.2. The standard InChI is InChI=1S/C12H10Cl2N4S/c13-8-2-1-6(3-9(8)14)11-16-10-5-19-4-7(10)12(17-11)18-15/h1-3H,4-5,15H2,(H,16,17,18). The Hall–Kier alpha value is -1.01. The first kappa shape index (κ1) is 13.0. The van der Waals surface area contributed by atoms with Crippen molar-refractivity contribution < 1.29 is 0 Å². The maximum absolute atomic E-state index is 6.02. The SMILES string of the molecule is NNc1nc(-c2ccc(Cl)c(Cl)c2)nc2c1CSC2. The van der Waals surface area contributed by atoms with Gasteiger partial charge in [0.15, 0.2) is 5.82 Å². The summed E-state index contributed by atoms with van der Waals surface area (Å²) in [6, 6.07) is 5.34. The van der Waals surface area contributed by atoms with Crippen LogP contribution < -0.4 is 11.3 Å². The molecule has 0 spiro atoms. The van der Waals surface area contributed by atoms with Crippen LogP contribution in [0.4, 0.5) is 5.82 Å². The van der Waals surface area contributed by atoms with E-state index in [-0.39, 0.29) is 0 Å². The number of hydrogen-bond donors (Lipinski definition) is 2. The lowest BCUT2D eigenvalue weighted by Gasteiger charge is -2.09. The zero-order valence-corrected chi connectivity index (χ0v) is 12.1. The fraction of sp³-hybridized carbons (Fsp3) is 0.167. The third-order valence-electron chi connectivity index (χ3n) is 2.89. The number of benzene rings is 1. The van der Waals surface area contributed by atoms with Crippen LogP contribution in [-0.4, -0.2) is 9.97 Å². The van der Waals surface area contributed by atoms with Gasteiger partial charge in [0.05, 0.1) is 15.7 Å². The van der Waals surface area contributed by atoms with Gasteiger partial charge in [0.1, 0.15) is 5.82 Å². The molecule has 0 atom stereocenters. The predicted octanol–water partition coefficient (Wildman–Crippen LogP) is 3.48. The molecule has 19 heavy (non-hydrogen) atoms. The first-order valence-corrected chi connectivity index (χ1v) is 7.49. The molecule has 1 aliphatic rings. The number of hydrazine groups is 1. The van der Waals surface area contributed by atoms with Crippen LogP contribution in [0, 0.1) is 0 Å². The van der Waals surface area contributed by atoms with Crippen molar-refractivity contribution in [2.45, 2.75) is 11.5 Å². The van der Waals surface area contributed by atoms with Crippen molar-refractivity contribution in [3.8, 4) is 11.4 Å². The number of nitrogens with two attached hydrogens (primary N) is 1. The molecule has 0 amide bonds. The molecule has 3 N–H and O–H groups in total. The van der Waals surface area contributed by atoms with E-state index < -0.39 is 0 Å². The van der Waals surface area contributed by atoms with Gasteiger partial charge in [-0.3, -0.25) is 0 Å². The number of rotatable bonds is 2. The van der Waals surface area contributed by atoms with Crippen LogP contribution in [0.15, 0.2) is 18.2 Å². The highest BCUT2D eigenvalue weighted by Crippen LogP contribution is 2.35. The van der Waals surface area contributed by atoms with Crippen LogP contribution in [0.3, 0.4) is 0 Å². The smallest absolute Gasteiger partial charge is 0.161 e. The molecule has 2 heterocycles. The van der Waals surface area contributed by atoms with E-state index in [1.807, 2.05) is 6.07 Å². The van der Waals surface area contributed by atoms with Crippen LogP contribution in [0.5, 0.6) is 0 Å². The van der Waals surface area contributed by atoms with Crippen molar-refractivity contribution >= 4 is 40.8 Å². The molecular weight excluding hydrogens is 303 g/mol. The summed E-state index contributed by atoms with van der Waals surface area (Å²) in [5.41, 5.74) is 5.57. The first-order valence-electron chi connectivity index (χ1n) is 5.58. The molecule has 0 fully saturated rings. The summed E-state index contributed by atoms with van der Waals surface area (Å²) in [7, 11) is 0. The van der Waals surface area contributed by atoms with E-state index in [2.05, 4.69) is 15.4 Å². The van der Waals surface area contributed by atoms with E-state index in [0.29, 0.717) is 21.7 Å². The molecule has 98 valence electrons. The molecule has 1 aliphatic heterocycles. The van der Waals surface area contributed by atoms with Gasteiger partial charge in [0.25, 0.3) is 0 Å². The number of thioether (sulfide) groups is 1. The monoisotopic (exact) mass is 312 g/mol. The Morgan fingerprint density at radius 2 is 2.00 bits per heavy atom. The van der Waals surface area contributed by atoms with E-state index >= 15 is 0 Å². The van der Waals surface area contributed by atoms with Gasteiger partial charge in [0, 0.05) is 22.6 Å². The molecule has 1 aromatic heterocycles. The Kier molecular flexibility index (Phi) is 3.54. The molecule has 0 aliphatic carbocycles. The zero-order chi connectivity index (χ0) is 13.4. The Labute approximate surface area is 124 Å². The van der Waals surface area contributed by atoms with Crippen molar-refractivity contribution in [2.75, 3.05) is 5.43 Å². The van der Waals surface area contributed by atoms with E-state index in [9.17, 15) is 0 Å². The highest BCUT2D eigenvalue weighted by molar-refractivity contribution is 7.98. The molecule has 1 aromatic carbocycles. The molecule has 7 heteroatoms. The quantitative estimate of drug-likeness (QED) is 0.656. The van der Waals surface area contributed by atoms with Gasteiger partial charge < -0.3 is 5.43 Å². The van der Waals surface area contributed by atoms with Crippen molar-refractivity contribution in [1.82, 2.24) is 9.97 Å². The lowest BCUT2D eigenvalue weighted by molar-refractivity contribution is 1.06. The van der Waals surface area contributed by atoms with Crippen LogP contribution in [0.1, 0.15) is 11.3 Å². The third kappa shape index (κ3) is 2.39. The molecule has 3 rings (SSSR count). The van der Waals surface area contributed by atoms with E-state index in [1.54, 1.807) is 23.9 Å². The minimum Gasteiger partial charge on any atom is -0.308 e. The molecule has 0 bridgehead atoms. The summed E-state index contributed by atoms with van der Waals surface area (Å²) in [6.07, 6.45) is 0. The van der Waals surface area contributed by atoms with Crippen molar-refractivity contribution in [2.24, 2.45) is 5.84 Å². The second kappa shape index (κ2) is 5.17. The van der Waals surface area contributed by atoms with E-state index in [1.165, 1.54) is 0 Å². The van der Waals surface area contributed by atoms with E-state index in [0.717, 1.165) is 28.3 Å². The summed E-state index contributed by atoms with van der Waals surface area (Å²) in [4.78, 5) is 9.02. The fourth-order valence-electron chi connectivity index (χ4n) is 1.93. The largest absolute Gasteiger partial charge is 0.308 e. The summed E-state index contributed by atoms with van der Waals surface area (Å²) in [6.45, 7) is 0. The van der Waals surface area contributed by atoms with Crippen LogP contribution >= 0.6 is 35.0 Å². The molecule has 0 radical (unpaired) electrons. The maximum Gasteiger partial charge on any atom is 0.161 e. The second-order valence-electron chi connectivity index (χ2n) is 4.09. The van der Waals surface area contributed by atoms with Crippen LogP contribution in [0.25, 0.3) is 11.4 Å². The Morgan fingerprint density at radius 1 is 1.16 bits per heavy atom. The highest BCUT2D eigenvalue weighted by Gasteiger charge is 2.20. The average molecular weight is 313 g/mol. The molecule has 0 saturated heterocycles. The molecule has 2 aromatic rings. The Bertz CT molecular complexity index is 648. The Morgan fingerprint density at radius 3 is 2.74 bits per heavy atom. The normalized spacial score (nSPS) is 13.4. The number of fused-ring (bicyclic) bond motifs is 1. The number of nitrogens with zero attached hydrogens (tertiary/aromatic N) is 2. The summed E-state index contributed by atoms with van der Waals surface area (Å²) in [5, 5.41) is 0.999. The van der Waals surface area contributed by atoms with Gasteiger partial charge in [-0.2, -0.15) is 11.8 Å². The second-order valence-corrected chi connectivity index (χ2v) is 5.89. The van der Waals surface area contributed by atoms with Crippen LogP contribution in [0.2, 0.25) is 10.0 Å². The fourth-order valence-corrected chi connectivity index (χ4v) is 3.27. The van der Waals surface area contributed by atoms with Crippen molar-refractivity contribution in [1.29, 1.82) is 0 Å². The van der Waals surface area contributed by atoms with Gasteiger partial charge in [-0.25, -0.2) is 15.8 Å². The molecule has 0 unspecified atom stereocenters. The molecule has 0 saturated carbocycles. The number of nitrogens with one attached hydrogen (secondary N) is 1. The van der Waals surface area contributed by atoms with Gasteiger partial charge >= 0.3 is 0 Å². The van der Waals surface area contributed by atoms with Gasteiger partial charge in [-0.05, 0) is 18.2 Å². The molecular formula is C12H10Cl2N4S. The summed E-state index contributed by atoms with van der Waals surface area (Å²) in [5.74, 6) is 8.57.